The van der Waals surface area contributed by atoms with Gasteiger partial charge in [0.1, 0.15) is 16.1 Å². The molecule has 0 saturated carbocycles. The van der Waals surface area contributed by atoms with Crippen molar-refractivity contribution in [3.8, 4) is 16.9 Å². The van der Waals surface area contributed by atoms with Crippen LogP contribution < -0.4 is 10.3 Å². The van der Waals surface area contributed by atoms with Crippen LogP contribution in [0.25, 0.3) is 32.1 Å². The van der Waals surface area contributed by atoms with Crippen LogP contribution in [-0.2, 0) is 4.74 Å². The Morgan fingerprint density at radius 2 is 1.81 bits per heavy atom. The van der Waals surface area contributed by atoms with Gasteiger partial charge in [-0.25, -0.2) is 4.79 Å². The van der Waals surface area contributed by atoms with E-state index < -0.39 is 5.60 Å². The minimum atomic E-state index is -0.524. The second-order valence-electron chi connectivity index (χ2n) is 9.93. The summed E-state index contributed by atoms with van der Waals surface area (Å²) in [6, 6.07) is 14.2. The number of thiophene rings is 1. The van der Waals surface area contributed by atoms with Gasteiger partial charge < -0.3 is 19.4 Å². The molecule has 0 aliphatic heterocycles. The number of hydrogen-bond donors (Lipinski definition) is 1. The average Bonchev–Trinajstić information content (AvgIpc) is 3.34. The van der Waals surface area contributed by atoms with Crippen molar-refractivity contribution >= 4 is 38.4 Å². The molecular weight excluding hydrogens is 472 g/mol. The van der Waals surface area contributed by atoms with E-state index in [0.717, 1.165) is 45.1 Å². The number of amides is 1. The maximum absolute atomic E-state index is 12.7. The summed E-state index contributed by atoms with van der Waals surface area (Å²) in [6.45, 7) is 10.9. The molecule has 0 fully saturated rings. The van der Waals surface area contributed by atoms with Crippen molar-refractivity contribution in [1.29, 1.82) is 0 Å². The fourth-order valence-electron chi connectivity index (χ4n) is 4.60. The van der Waals surface area contributed by atoms with Crippen LogP contribution in [0.1, 0.15) is 52.5 Å². The summed E-state index contributed by atoms with van der Waals surface area (Å²) in [7, 11) is 1.67. The van der Waals surface area contributed by atoms with Crippen LogP contribution >= 0.6 is 11.3 Å². The predicted octanol–water partition coefficient (Wildman–Crippen LogP) is 7.17. The number of methoxy groups -OCH3 is 1. The van der Waals surface area contributed by atoms with Crippen LogP contribution in [0.4, 0.5) is 4.79 Å². The van der Waals surface area contributed by atoms with Crippen LogP contribution in [0.15, 0.2) is 52.6 Å². The Bertz CT molecular complexity index is 1430. The lowest BCUT2D eigenvalue weighted by Crippen LogP contribution is -2.39. The molecule has 0 radical (unpaired) electrons. The van der Waals surface area contributed by atoms with Gasteiger partial charge in [0.15, 0.2) is 0 Å². The first-order chi connectivity index (χ1) is 17.2. The van der Waals surface area contributed by atoms with Crippen LogP contribution in [-0.4, -0.2) is 41.8 Å². The van der Waals surface area contributed by atoms with E-state index >= 15 is 0 Å². The fraction of sp³-hybridized carbons (Fsp3) is 0.379. The normalized spacial score (nSPS) is 12.6. The van der Waals surface area contributed by atoms with E-state index in [-0.39, 0.29) is 17.6 Å². The molecule has 0 aliphatic rings. The summed E-state index contributed by atoms with van der Waals surface area (Å²) < 4.78 is 12.1. The van der Waals surface area contributed by atoms with Gasteiger partial charge in [-0.3, -0.25) is 4.79 Å². The van der Waals surface area contributed by atoms with Crippen LogP contribution in [0.5, 0.6) is 5.75 Å². The number of nitrogens with one attached hydrogen (secondary N) is 1. The number of aromatic nitrogens is 1. The highest BCUT2D eigenvalue weighted by atomic mass is 32.1. The summed E-state index contributed by atoms with van der Waals surface area (Å²) >= 11 is 1.44. The third-order valence-corrected chi connectivity index (χ3v) is 7.33. The van der Waals surface area contributed by atoms with Crippen molar-refractivity contribution in [3.63, 3.8) is 0 Å². The van der Waals surface area contributed by atoms with Gasteiger partial charge in [0.2, 0.25) is 0 Å². The van der Waals surface area contributed by atoms with E-state index in [9.17, 15) is 9.59 Å². The van der Waals surface area contributed by atoms with E-state index in [0.29, 0.717) is 17.8 Å². The van der Waals surface area contributed by atoms with Crippen molar-refractivity contribution in [2.45, 2.75) is 52.6 Å². The first-order valence-corrected chi connectivity index (χ1v) is 13.2. The molecule has 0 spiro atoms. The summed E-state index contributed by atoms with van der Waals surface area (Å²) in [4.78, 5) is 30.0. The van der Waals surface area contributed by atoms with Crippen LogP contribution in [0, 0.1) is 0 Å². The van der Waals surface area contributed by atoms with Crippen molar-refractivity contribution in [2.24, 2.45) is 0 Å². The molecule has 190 valence electrons. The number of hydrogen-bond acceptors (Lipinski definition) is 5. The molecular formula is C29H34N2O4S. The number of benzene rings is 2. The molecule has 7 heteroatoms. The summed E-state index contributed by atoms with van der Waals surface area (Å²) in [5.74, 6) is 0.935. The zero-order chi connectivity index (χ0) is 26.0. The number of carbonyl (C=O) groups is 1. The third kappa shape index (κ3) is 5.12. The van der Waals surface area contributed by atoms with Gasteiger partial charge >= 0.3 is 6.09 Å². The van der Waals surface area contributed by atoms with Crippen LogP contribution in [0.3, 0.4) is 0 Å². The number of carbonyl (C=O) groups excluding carboxylic acids is 1. The highest BCUT2D eigenvalue weighted by Gasteiger charge is 2.24. The van der Waals surface area contributed by atoms with Gasteiger partial charge in [-0.15, -0.1) is 11.3 Å². The molecule has 1 amide bonds. The number of rotatable bonds is 7. The van der Waals surface area contributed by atoms with Crippen molar-refractivity contribution in [1.82, 2.24) is 9.88 Å². The average molecular weight is 507 g/mol. The minimum Gasteiger partial charge on any atom is -0.496 e. The molecule has 1 atom stereocenters. The van der Waals surface area contributed by atoms with Crippen molar-refractivity contribution in [2.75, 3.05) is 20.2 Å². The Morgan fingerprint density at radius 1 is 1.08 bits per heavy atom. The topological polar surface area (TPSA) is 71.6 Å². The Kier molecular flexibility index (Phi) is 7.41. The van der Waals surface area contributed by atoms with Crippen LogP contribution in [0.2, 0.25) is 0 Å². The highest BCUT2D eigenvalue weighted by molar-refractivity contribution is 7.17. The Labute approximate surface area is 215 Å². The van der Waals surface area contributed by atoms with Gasteiger partial charge in [-0.2, -0.15) is 0 Å². The third-order valence-electron chi connectivity index (χ3n) is 6.41. The standard InChI is InChI=1S/C29H34N2O4S/c1-7-18(17-31(8-2)28(33)35-29(3,4)5)19-9-11-20(12-10-19)24-23(34-6)14-13-22-25(24)21-15-16-36-26(21)27(32)30-22/h9-16,18H,7-8,17H2,1-6H3,(H,30,32). The molecule has 1 N–H and O–H groups in total. The zero-order valence-corrected chi connectivity index (χ0v) is 22.6. The lowest BCUT2D eigenvalue weighted by atomic mass is 9.92. The summed E-state index contributed by atoms with van der Waals surface area (Å²) in [6.07, 6.45) is 0.613. The number of H-pyrrole nitrogens is 1. The van der Waals surface area contributed by atoms with Crippen molar-refractivity contribution in [3.05, 3.63) is 63.8 Å². The maximum Gasteiger partial charge on any atom is 0.410 e. The Balaban J connectivity index is 1.71. The Hall–Kier alpha value is -3.32. The minimum absolute atomic E-state index is 0.0739. The SMILES string of the molecule is CCC(CN(CC)C(=O)OC(C)(C)C)c1ccc(-c2c(OC)ccc3[nH]c(=O)c4sccc4c23)cc1. The zero-order valence-electron chi connectivity index (χ0n) is 21.8. The van der Waals surface area contributed by atoms with Gasteiger partial charge in [-0.1, -0.05) is 31.2 Å². The molecule has 2 aromatic carbocycles. The molecule has 2 heterocycles. The molecule has 0 aliphatic carbocycles. The van der Waals surface area contributed by atoms with E-state index in [2.05, 4.69) is 36.2 Å². The summed E-state index contributed by atoms with van der Waals surface area (Å²) in [5.41, 5.74) is 3.32. The quantitative estimate of drug-likeness (QED) is 0.288. The first kappa shape index (κ1) is 25.8. The molecule has 2 aromatic heterocycles. The predicted molar refractivity (Wildman–Crippen MR) is 148 cm³/mol. The first-order valence-electron chi connectivity index (χ1n) is 12.3. The number of ether oxygens (including phenoxy) is 2. The number of aromatic amines is 1. The second kappa shape index (κ2) is 10.3. The van der Waals surface area contributed by atoms with E-state index in [1.165, 1.54) is 11.3 Å². The molecule has 4 rings (SSSR count). The Morgan fingerprint density at radius 3 is 2.42 bits per heavy atom. The van der Waals surface area contributed by atoms with Gasteiger partial charge in [0, 0.05) is 40.9 Å². The van der Waals surface area contributed by atoms with Gasteiger partial charge in [0.25, 0.3) is 5.56 Å². The lowest BCUT2D eigenvalue weighted by molar-refractivity contribution is 0.0248. The number of pyridine rings is 1. The second-order valence-corrected chi connectivity index (χ2v) is 10.8. The number of likely N-dealkylation sites (N-methyl/N-ethyl adjacent to an activating group) is 1. The number of fused-ring (bicyclic) bond motifs is 3. The van der Waals surface area contributed by atoms with Gasteiger partial charge in [-0.05, 0) is 68.8 Å². The smallest absolute Gasteiger partial charge is 0.410 e. The molecule has 1 unspecified atom stereocenters. The number of nitrogens with zero attached hydrogens (tertiary/aromatic N) is 1. The molecule has 0 saturated heterocycles. The van der Waals surface area contributed by atoms with Gasteiger partial charge in [0.05, 0.1) is 7.11 Å². The van der Waals surface area contributed by atoms with E-state index in [1.54, 1.807) is 12.0 Å². The molecule has 36 heavy (non-hydrogen) atoms. The highest BCUT2D eigenvalue weighted by Crippen LogP contribution is 2.40. The molecule has 6 nitrogen and oxygen atoms in total. The van der Waals surface area contributed by atoms with E-state index in [4.69, 9.17) is 9.47 Å². The monoisotopic (exact) mass is 506 g/mol. The fourth-order valence-corrected chi connectivity index (χ4v) is 5.40. The van der Waals surface area contributed by atoms with Crippen molar-refractivity contribution < 1.29 is 14.3 Å². The largest absolute Gasteiger partial charge is 0.496 e. The summed E-state index contributed by atoms with van der Waals surface area (Å²) in [5, 5.41) is 3.85. The lowest BCUT2D eigenvalue weighted by Gasteiger charge is -2.29. The van der Waals surface area contributed by atoms with E-state index in [1.807, 2.05) is 51.3 Å². The molecule has 4 aromatic rings. The molecule has 0 bridgehead atoms. The maximum atomic E-state index is 12.7.